The van der Waals surface area contributed by atoms with Crippen molar-refractivity contribution in [3.8, 4) is 6.07 Å². The van der Waals surface area contributed by atoms with Crippen LogP contribution in [0.3, 0.4) is 0 Å². The van der Waals surface area contributed by atoms with Crippen LogP contribution in [0.4, 0.5) is 0 Å². The molecule has 96 valence electrons. The van der Waals surface area contributed by atoms with Gasteiger partial charge in [-0.25, -0.2) is 0 Å². The van der Waals surface area contributed by atoms with Crippen molar-refractivity contribution in [2.24, 2.45) is 5.92 Å². The molecule has 1 aliphatic heterocycles. The van der Waals surface area contributed by atoms with E-state index in [0.717, 1.165) is 26.2 Å². The molecule has 1 aromatic rings. The fourth-order valence-corrected chi connectivity index (χ4v) is 2.56. The molecule has 3 nitrogen and oxygen atoms in total. The van der Waals surface area contributed by atoms with Crippen LogP contribution < -0.4 is 0 Å². The van der Waals surface area contributed by atoms with Crippen molar-refractivity contribution < 1.29 is 0 Å². The van der Waals surface area contributed by atoms with E-state index in [1.54, 1.807) is 0 Å². The van der Waals surface area contributed by atoms with Gasteiger partial charge in [-0.1, -0.05) is 30.3 Å². The highest BCUT2D eigenvalue weighted by Crippen LogP contribution is 2.25. The third-order valence-electron chi connectivity index (χ3n) is 3.61. The Bertz CT molecular complexity index is 409. The highest BCUT2D eigenvalue weighted by Gasteiger charge is 2.27. The number of hydrogen-bond acceptors (Lipinski definition) is 3. The van der Waals surface area contributed by atoms with Crippen molar-refractivity contribution in [1.82, 2.24) is 9.80 Å². The topological polar surface area (TPSA) is 30.3 Å². The second-order valence-electron chi connectivity index (χ2n) is 5.21. The van der Waals surface area contributed by atoms with Crippen LogP contribution in [0.5, 0.6) is 0 Å². The highest BCUT2D eigenvalue weighted by atomic mass is 15.3. The lowest BCUT2D eigenvalue weighted by molar-refractivity contribution is 0.0832. The zero-order valence-corrected chi connectivity index (χ0v) is 11.2. The number of benzene rings is 1. The smallest absolute Gasteiger partial charge is 0.0666 e. The van der Waals surface area contributed by atoms with Gasteiger partial charge in [0, 0.05) is 32.2 Å². The molecule has 3 heteroatoms. The second kappa shape index (κ2) is 5.99. The summed E-state index contributed by atoms with van der Waals surface area (Å²) in [6.45, 7) is 6.04. The van der Waals surface area contributed by atoms with Crippen molar-refractivity contribution >= 4 is 0 Å². The van der Waals surface area contributed by atoms with Gasteiger partial charge in [-0.3, -0.25) is 4.90 Å². The Morgan fingerprint density at radius 1 is 1.33 bits per heavy atom. The Hall–Kier alpha value is -1.37. The van der Waals surface area contributed by atoms with E-state index in [2.05, 4.69) is 53.2 Å². The molecule has 1 aliphatic rings. The third-order valence-corrected chi connectivity index (χ3v) is 3.61. The first-order valence-corrected chi connectivity index (χ1v) is 6.58. The van der Waals surface area contributed by atoms with Crippen molar-refractivity contribution in [3.63, 3.8) is 0 Å². The lowest BCUT2D eigenvalue weighted by Crippen LogP contribution is -2.47. The average molecular weight is 243 g/mol. The number of nitrogens with zero attached hydrogens (tertiary/aromatic N) is 3. The Balaban J connectivity index is 2.14. The van der Waals surface area contributed by atoms with Crippen LogP contribution in [0.25, 0.3) is 0 Å². The minimum absolute atomic E-state index is 0.0969. The monoisotopic (exact) mass is 243 g/mol. The summed E-state index contributed by atoms with van der Waals surface area (Å²) in [6, 6.07) is 13.4. The standard InChI is InChI=1S/C15H21N3/c1-13(10-16)11-18-9-8-17(2)12-15(18)14-6-4-3-5-7-14/h3-7,13,15H,8-9,11-12H2,1-2H3. The summed E-state index contributed by atoms with van der Waals surface area (Å²) in [5.74, 6) is 0.0969. The van der Waals surface area contributed by atoms with Gasteiger partial charge in [-0.05, 0) is 19.5 Å². The van der Waals surface area contributed by atoms with Crippen LogP contribution in [-0.2, 0) is 0 Å². The maximum Gasteiger partial charge on any atom is 0.0666 e. The third kappa shape index (κ3) is 3.10. The Kier molecular flexibility index (Phi) is 4.35. The summed E-state index contributed by atoms with van der Waals surface area (Å²) in [5.41, 5.74) is 1.36. The molecule has 0 radical (unpaired) electrons. The number of likely N-dealkylation sites (N-methyl/N-ethyl adjacent to an activating group) is 1. The highest BCUT2D eigenvalue weighted by molar-refractivity contribution is 5.20. The van der Waals surface area contributed by atoms with Gasteiger partial charge in [0.1, 0.15) is 0 Å². The quantitative estimate of drug-likeness (QED) is 0.814. The summed E-state index contributed by atoms with van der Waals surface area (Å²) in [6.07, 6.45) is 0. The molecule has 18 heavy (non-hydrogen) atoms. The molecule has 0 N–H and O–H groups in total. The molecule has 1 aromatic carbocycles. The van der Waals surface area contributed by atoms with Crippen LogP contribution in [0.15, 0.2) is 30.3 Å². The first kappa shape index (κ1) is 13.1. The summed E-state index contributed by atoms with van der Waals surface area (Å²) < 4.78 is 0. The molecule has 1 fully saturated rings. The van der Waals surface area contributed by atoms with Crippen LogP contribution >= 0.6 is 0 Å². The van der Waals surface area contributed by atoms with E-state index >= 15 is 0 Å². The van der Waals surface area contributed by atoms with Crippen LogP contribution in [0, 0.1) is 17.2 Å². The van der Waals surface area contributed by atoms with Gasteiger partial charge in [0.2, 0.25) is 0 Å². The van der Waals surface area contributed by atoms with Gasteiger partial charge in [0.05, 0.1) is 12.0 Å². The van der Waals surface area contributed by atoms with Crippen molar-refractivity contribution in [2.45, 2.75) is 13.0 Å². The molecule has 0 amide bonds. The van der Waals surface area contributed by atoms with E-state index in [1.807, 2.05) is 6.92 Å². The van der Waals surface area contributed by atoms with Crippen molar-refractivity contribution in [1.29, 1.82) is 5.26 Å². The van der Waals surface area contributed by atoms with Gasteiger partial charge in [0.15, 0.2) is 0 Å². The van der Waals surface area contributed by atoms with E-state index in [-0.39, 0.29) is 5.92 Å². The van der Waals surface area contributed by atoms with Crippen LogP contribution in [0.2, 0.25) is 0 Å². The van der Waals surface area contributed by atoms with Gasteiger partial charge >= 0.3 is 0 Å². The minimum atomic E-state index is 0.0969. The molecular weight excluding hydrogens is 222 g/mol. The molecule has 2 unspecified atom stereocenters. The van der Waals surface area contributed by atoms with Crippen molar-refractivity contribution in [2.75, 3.05) is 33.2 Å². The molecule has 0 saturated carbocycles. The summed E-state index contributed by atoms with van der Waals surface area (Å²) in [5, 5.41) is 8.99. The Morgan fingerprint density at radius 2 is 2.06 bits per heavy atom. The fourth-order valence-electron chi connectivity index (χ4n) is 2.56. The molecule has 0 aromatic heterocycles. The summed E-state index contributed by atoms with van der Waals surface area (Å²) >= 11 is 0. The van der Waals surface area contributed by atoms with Crippen molar-refractivity contribution in [3.05, 3.63) is 35.9 Å². The molecule has 0 aliphatic carbocycles. The largest absolute Gasteiger partial charge is 0.303 e. The molecule has 2 atom stereocenters. The zero-order chi connectivity index (χ0) is 13.0. The molecule has 1 saturated heterocycles. The first-order valence-electron chi connectivity index (χ1n) is 6.58. The van der Waals surface area contributed by atoms with Crippen LogP contribution in [0.1, 0.15) is 18.5 Å². The number of nitriles is 1. The minimum Gasteiger partial charge on any atom is -0.303 e. The number of piperazine rings is 1. The maximum atomic E-state index is 8.99. The molecular formula is C15H21N3. The Morgan fingerprint density at radius 3 is 2.72 bits per heavy atom. The number of rotatable bonds is 3. The molecule has 0 spiro atoms. The first-order chi connectivity index (χ1) is 8.70. The summed E-state index contributed by atoms with van der Waals surface area (Å²) in [7, 11) is 2.17. The van der Waals surface area contributed by atoms with E-state index in [0.29, 0.717) is 6.04 Å². The van der Waals surface area contributed by atoms with E-state index in [1.165, 1.54) is 5.56 Å². The van der Waals surface area contributed by atoms with E-state index in [9.17, 15) is 0 Å². The predicted octanol–water partition coefficient (Wildman–Crippen LogP) is 2.13. The van der Waals surface area contributed by atoms with Gasteiger partial charge in [0.25, 0.3) is 0 Å². The van der Waals surface area contributed by atoms with Gasteiger partial charge in [-0.15, -0.1) is 0 Å². The van der Waals surface area contributed by atoms with E-state index < -0.39 is 0 Å². The lowest BCUT2D eigenvalue weighted by atomic mass is 10.0. The zero-order valence-electron chi connectivity index (χ0n) is 11.2. The van der Waals surface area contributed by atoms with E-state index in [4.69, 9.17) is 5.26 Å². The predicted molar refractivity (Wildman–Crippen MR) is 73.0 cm³/mol. The van der Waals surface area contributed by atoms with Gasteiger partial charge < -0.3 is 4.90 Å². The SMILES string of the molecule is CC(C#N)CN1CCN(C)CC1c1ccccc1. The van der Waals surface area contributed by atoms with Gasteiger partial charge in [-0.2, -0.15) is 5.26 Å². The fraction of sp³-hybridized carbons (Fsp3) is 0.533. The molecule has 1 heterocycles. The Labute approximate surface area is 110 Å². The van der Waals surface area contributed by atoms with Crippen LogP contribution in [-0.4, -0.2) is 43.0 Å². The molecule has 2 rings (SSSR count). The second-order valence-corrected chi connectivity index (χ2v) is 5.21. The summed E-state index contributed by atoms with van der Waals surface area (Å²) in [4.78, 5) is 4.81. The average Bonchev–Trinajstić information content (AvgIpc) is 2.41. The maximum absolute atomic E-state index is 8.99. The normalized spacial score (nSPS) is 23.5. The lowest BCUT2D eigenvalue weighted by Gasteiger charge is -2.40. The number of hydrogen-bond donors (Lipinski definition) is 0. The molecule has 0 bridgehead atoms.